The third-order valence-corrected chi connectivity index (χ3v) is 13.4. The molecule has 0 radical (unpaired) electrons. The van der Waals surface area contributed by atoms with Crippen LogP contribution in [0.5, 0.6) is 0 Å². The highest BCUT2D eigenvalue weighted by molar-refractivity contribution is 6.08. The number of allylic oxidation sites excluding steroid dienone is 12. The number of nitriles is 2. The number of para-hydroxylation sites is 1. The Morgan fingerprint density at radius 1 is 0.507 bits per heavy atom. The lowest BCUT2D eigenvalue weighted by Gasteiger charge is -2.20. The zero-order chi connectivity index (χ0) is 51.5. The average Bonchev–Trinajstić information content (AvgIpc) is 3.75. The molecule has 73 heavy (non-hydrogen) atoms. The normalized spacial score (nSPS) is 16.4. The van der Waals surface area contributed by atoms with E-state index >= 15 is 0 Å². The van der Waals surface area contributed by atoms with Gasteiger partial charge in [-0.15, -0.1) is 0 Å². The van der Waals surface area contributed by atoms with Crippen LogP contribution in [0.25, 0.3) is 33.0 Å². The number of fused-ring (bicyclic) bond motifs is 3. The van der Waals surface area contributed by atoms with Crippen molar-refractivity contribution < 1.29 is 0 Å². The Hall–Kier alpha value is -8.24. The molecule has 3 aliphatic carbocycles. The van der Waals surface area contributed by atoms with Crippen molar-refractivity contribution in [3.8, 4) is 12.1 Å². The van der Waals surface area contributed by atoms with E-state index in [1.165, 1.54) is 89.5 Å². The average molecular weight is 952 g/mol. The Morgan fingerprint density at radius 3 is 1.71 bits per heavy atom. The van der Waals surface area contributed by atoms with Crippen LogP contribution in [0.15, 0.2) is 236 Å². The van der Waals surface area contributed by atoms with Gasteiger partial charge in [-0.1, -0.05) is 224 Å². The SMILES string of the molecule is CC1=CCC(C)C=C1c1ccccc1Cc1ccc(C#N)cc1.Cc1ccc(C2=CCC(C)C=C2)cc1.Cc1ccc2c(c1)c1ccccc1n2C1C=CC(C#N)=CC1.Cc1ccccc1.Cc1ccccc1. The number of hydrogen-bond acceptors (Lipinski definition) is 2. The van der Waals surface area contributed by atoms with Crippen LogP contribution >= 0.6 is 0 Å². The largest absolute Gasteiger partial charge is 0.333 e. The molecule has 0 spiro atoms. The summed E-state index contributed by atoms with van der Waals surface area (Å²) in [6.07, 6.45) is 21.7. The number of benzene rings is 7. The molecule has 0 amide bonds. The van der Waals surface area contributed by atoms with Gasteiger partial charge in [0.15, 0.2) is 0 Å². The summed E-state index contributed by atoms with van der Waals surface area (Å²) in [6, 6.07) is 65.7. The number of aryl methyl sites for hydroxylation is 4. The lowest BCUT2D eigenvalue weighted by atomic mass is 9.85. The zero-order valence-electron chi connectivity index (χ0n) is 43.8. The summed E-state index contributed by atoms with van der Waals surface area (Å²) >= 11 is 0. The fourth-order valence-corrected chi connectivity index (χ4v) is 9.23. The molecule has 3 nitrogen and oxygen atoms in total. The molecule has 1 aromatic heterocycles. The van der Waals surface area contributed by atoms with Crippen LogP contribution in [0.4, 0.5) is 0 Å². The summed E-state index contributed by atoms with van der Waals surface area (Å²) in [7, 11) is 0. The summed E-state index contributed by atoms with van der Waals surface area (Å²) in [5.74, 6) is 1.29. The second-order valence-electron chi connectivity index (χ2n) is 19.6. The van der Waals surface area contributed by atoms with Crippen LogP contribution in [-0.2, 0) is 6.42 Å². The first-order valence-corrected chi connectivity index (χ1v) is 25.7. The van der Waals surface area contributed by atoms with Gasteiger partial charge in [-0.05, 0) is 148 Å². The van der Waals surface area contributed by atoms with Crippen LogP contribution in [-0.4, -0.2) is 4.57 Å². The third-order valence-electron chi connectivity index (χ3n) is 13.4. The Kier molecular flexibility index (Phi) is 18.9. The second-order valence-corrected chi connectivity index (χ2v) is 19.6. The van der Waals surface area contributed by atoms with Crippen molar-refractivity contribution in [3.63, 3.8) is 0 Å². The predicted molar refractivity (Wildman–Crippen MR) is 311 cm³/mol. The van der Waals surface area contributed by atoms with Gasteiger partial charge in [0.05, 0.1) is 23.7 Å². The van der Waals surface area contributed by atoms with E-state index in [-0.39, 0.29) is 6.04 Å². The Morgan fingerprint density at radius 2 is 1.11 bits per heavy atom. The second kappa shape index (κ2) is 26.3. The van der Waals surface area contributed by atoms with E-state index in [2.05, 4.69) is 229 Å². The van der Waals surface area contributed by atoms with Gasteiger partial charge in [0.25, 0.3) is 0 Å². The van der Waals surface area contributed by atoms with Crippen molar-refractivity contribution in [2.45, 2.75) is 80.2 Å². The van der Waals surface area contributed by atoms with Crippen LogP contribution < -0.4 is 0 Å². The fraction of sp³-hybridized carbons (Fsp3) is 0.200. The van der Waals surface area contributed by atoms with E-state index in [9.17, 15) is 0 Å². The summed E-state index contributed by atoms with van der Waals surface area (Å²) in [5.41, 5.74) is 18.6. The van der Waals surface area contributed by atoms with Crippen molar-refractivity contribution in [3.05, 3.63) is 286 Å². The molecule has 1 heterocycles. The molecule has 364 valence electrons. The number of hydrogen-bond donors (Lipinski definition) is 0. The first-order valence-electron chi connectivity index (χ1n) is 25.7. The molecule has 0 saturated carbocycles. The predicted octanol–water partition coefficient (Wildman–Crippen LogP) is 18.5. The number of aromatic nitrogens is 1. The fourth-order valence-electron chi connectivity index (χ4n) is 9.23. The van der Waals surface area contributed by atoms with E-state index in [1.807, 2.05) is 60.7 Å². The van der Waals surface area contributed by atoms with E-state index in [1.54, 1.807) is 0 Å². The van der Waals surface area contributed by atoms with E-state index in [4.69, 9.17) is 10.5 Å². The Bertz CT molecular complexity index is 3320. The molecule has 3 aliphatic rings. The summed E-state index contributed by atoms with van der Waals surface area (Å²) < 4.78 is 2.39. The van der Waals surface area contributed by atoms with Crippen molar-refractivity contribution >= 4 is 33.0 Å². The maximum Gasteiger partial charge on any atom is 0.0991 e. The molecule has 3 atom stereocenters. The van der Waals surface area contributed by atoms with Crippen LogP contribution in [0.1, 0.15) is 96.1 Å². The van der Waals surface area contributed by atoms with Crippen molar-refractivity contribution in [1.82, 2.24) is 4.57 Å². The maximum atomic E-state index is 9.01. The van der Waals surface area contributed by atoms with Crippen molar-refractivity contribution in [1.29, 1.82) is 10.5 Å². The van der Waals surface area contributed by atoms with Gasteiger partial charge in [-0.2, -0.15) is 10.5 Å². The lowest BCUT2D eigenvalue weighted by Crippen LogP contribution is -2.07. The highest BCUT2D eigenvalue weighted by Crippen LogP contribution is 2.36. The third kappa shape index (κ3) is 14.9. The molecule has 11 rings (SSSR count). The minimum Gasteiger partial charge on any atom is -0.333 e. The summed E-state index contributed by atoms with van der Waals surface area (Å²) in [6.45, 7) is 15.1. The summed E-state index contributed by atoms with van der Waals surface area (Å²) in [4.78, 5) is 0. The highest BCUT2D eigenvalue weighted by Gasteiger charge is 2.18. The smallest absolute Gasteiger partial charge is 0.0991 e. The molecular formula is C70H69N3. The molecule has 0 aliphatic heterocycles. The number of rotatable bonds is 5. The van der Waals surface area contributed by atoms with Gasteiger partial charge in [0.1, 0.15) is 0 Å². The monoisotopic (exact) mass is 952 g/mol. The van der Waals surface area contributed by atoms with E-state index in [0.717, 1.165) is 24.8 Å². The highest BCUT2D eigenvalue weighted by atomic mass is 15.0. The first kappa shape index (κ1) is 52.6. The van der Waals surface area contributed by atoms with Gasteiger partial charge in [-0.25, -0.2) is 0 Å². The minimum absolute atomic E-state index is 0.266. The quantitative estimate of drug-likeness (QED) is 0.173. The van der Waals surface area contributed by atoms with Gasteiger partial charge in [0, 0.05) is 27.4 Å². The Labute approximate surface area is 435 Å². The zero-order valence-corrected chi connectivity index (χ0v) is 43.8. The van der Waals surface area contributed by atoms with Crippen molar-refractivity contribution in [2.75, 3.05) is 0 Å². The van der Waals surface area contributed by atoms with Gasteiger partial charge in [0.2, 0.25) is 0 Å². The Balaban J connectivity index is 0.000000144. The van der Waals surface area contributed by atoms with Gasteiger partial charge in [-0.3, -0.25) is 0 Å². The standard InChI is InChI=1S/C22H21N.C20H16N2.C14H16.2C7H8/c1-16-7-8-17(2)22(13-16)21-6-4-3-5-20(21)14-18-9-11-19(15-23)12-10-18;1-14-6-11-20-18(12-14)17-4-2-3-5-19(17)22(20)16-9-7-15(13-21)8-10-16;1-11-3-7-13(8-4-11)14-9-5-12(2)6-10-14;2*1-7-5-3-2-4-6-7/h3-6,8-13,16H,7,14H2,1-2H3;2-9,11-12,16H,10H2,1H3;3-5,7-10,12H,6H2,1-2H3;2*2-6H,1H3. The van der Waals surface area contributed by atoms with E-state index in [0.29, 0.717) is 17.4 Å². The van der Waals surface area contributed by atoms with E-state index < -0.39 is 0 Å². The van der Waals surface area contributed by atoms with Crippen LogP contribution in [0.3, 0.4) is 0 Å². The molecule has 0 saturated heterocycles. The molecule has 0 bridgehead atoms. The van der Waals surface area contributed by atoms with Gasteiger partial charge < -0.3 is 4.57 Å². The minimum atomic E-state index is 0.266. The first-order chi connectivity index (χ1) is 35.5. The molecule has 0 fully saturated rings. The lowest BCUT2D eigenvalue weighted by molar-refractivity contribution is 0.646. The maximum absolute atomic E-state index is 9.01. The van der Waals surface area contributed by atoms with Crippen molar-refractivity contribution in [2.24, 2.45) is 11.8 Å². The molecular weight excluding hydrogens is 883 g/mol. The molecule has 3 heteroatoms. The molecule has 3 unspecified atom stereocenters. The topological polar surface area (TPSA) is 52.5 Å². The van der Waals surface area contributed by atoms with Crippen LogP contribution in [0.2, 0.25) is 0 Å². The molecule has 8 aromatic rings. The van der Waals surface area contributed by atoms with Gasteiger partial charge >= 0.3 is 0 Å². The number of nitrogens with zero attached hydrogens (tertiary/aromatic N) is 3. The molecule has 7 aromatic carbocycles. The summed E-state index contributed by atoms with van der Waals surface area (Å²) in [5, 5.41) is 20.5. The van der Waals surface area contributed by atoms with Crippen LogP contribution in [0, 0.1) is 62.2 Å². The molecule has 0 N–H and O–H groups in total.